The Hall–Kier alpha value is -2.89. The summed E-state index contributed by atoms with van der Waals surface area (Å²) >= 11 is 0. The van der Waals surface area contributed by atoms with Crippen molar-refractivity contribution in [2.24, 2.45) is 0 Å². The molecule has 2 amide bonds. The predicted octanol–water partition coefficient (Wildman–Crippen LogP) is 1.93. The number of aromatic nitrogens is 1. The number of nitrogens with one attached hydrogen (secondary N) is 1. The standard InChI is InChI=1S/C19H20N4O2/c1-22-10-9-15(19(22)25)21-17-7-6-14(12-20-17)18(24)23-11-8-13-4-2-3-5-16(13)23/h2-7,12,15H,8-11H2,1H3,(H,20,21). The van der Waals surface area contributed by atoms with Crippen molar-refractivity contribution in [2.45, 2.75) is 18.9 Å². The molecule has 1 unspecified atom stereocenters. The summed E-state index contributed by atoms with van der Waals surface area (Å²) in [6, 6.07) is 11.3. The van der Waals surface area contributed by atoms with Crippen molar-refractivity contribution >= 4 is 23.3 Å². The first-order chi connectivity index (χ1) is 12.1. The average molecular weight is 336 g/mol. The third-order valence-corrected chi connectivity index (χ3v) is 4.89. The van der Waals surface area contributed by atoms with Gasteiger partial charge in [-0.25, -0.2) is 4.98 Å². The number of rotatable bonds is 3. The number of anilines is 2. The molecule has 3 heterocycles. The molecule has 0 radical (unpaired) electrons. The molecule has 0 spiro atoms. The van der Waals surface area contributed by atoms with Crippen LogP contribution in [0.25, 0.3) is 0 Å². The van der Waals surface area contributed by atoms with Crippen LogP contribution in [0.15, 0.2) is 42.6 Å². The van der Waals surface area contributed by atoms with Crippen LogP contribution in [0.2, 0.25) is 0 Å². The number of amides is 2. The predicted molar refractivity (Wildman–Crippen MR) is 95.7 cm³/mol. The Morgan fingerprint density at radius 2 is 2.04 bits per heavy atom. The Balaban J connectivity index is 1.47. The van der Waals surface area contributed by atoms with E-state index >= 15 is 0 Å². The van der Waals surface area contributed by atoms with Gasteiger partial charge in [0.2, 0.25) is 5.91 Å². The lowest BCUT2D eigenvalue weighted by Gasteiger charge is -2.17. The van der Waals surface area contributed by atoms with Crippen LogP contribution in [0.3, 0.4) is 0 Å². The first-order valence-corrected chi connectivity index (χ1v) is 8.51. The van der Waals surface area contributed by atoms with Crippen LogP contribution in [0, 0.1) is 0 Å². The van der Waals surface area contributed by atoms with Gasteiger partial charge in [0.25, 0.3) is 5.91 Å². The highest BCUT2D eigenvalue weighted by molar-refractivity contribution is 6.07. The number of hydrogen-bond acceptors (Lipinski definition) is 4. The number of benzene rings is 1. The third-order valence-electron chi connectivity index (χ3n) is 4.89. The lowest BCUT2D eigenvalue weighted by molar-refractivity contribution is -0.127. The summed E-state index contributed by atoms with van der Waals surface area (Å²) in [5.41, 5.74) is 2.73. The molecule has 1 atom stereocenters. The molecule has 1 N–H and O–H groups in total. The highest BCUT2D eigenvalue weighted by Crippen LogP contribution is 2.28. The maximum Gasteiger partial charge on any atom is 0.259 e. The van der Waals surface area contributed by atoms with E-state index in [2.05, 4.69) is 16.4 Å². The van der Waals surface area contributed by atoms with Gasteiger partial charge in [-0.2, -0.15) is 0 Å². The van der Waals surface area contributed by atoms with Crippen LogP contribution >= 0.6 is 0 Å². The first kappa shape index (κ1) is 15.6. The molecule has 2 aliphatic heterocycles. The van der Waals surface area contributed by atoms with E-state index in [1.165, 1.54) is 5.56 Å². The van der Waals surface area contributed by atoms with Gasteiger partial charge in [0.05, 0.1) is 5.56 Å². The van der Waals surface area contributed by atoms with Crippen LogP contribution < -0.4 is 10.2 Å². The minimum atomic E-state index is -0.232. The summed E-state index contributed by atoms with van der Waals surface area (Å²) in [4.78, 5) is 32.5. The molecule has 2 aliphatic rings. The summed E-state index contributed by atoms with van der Waals surface area (Å²) < 4.78 is 0. The van der Waals surface area contributed by atoms with Gasteiger partial charge in [0.15, 0.2) is 0 Å². The molecule has 6 nitrogen and oxygen atoms in total. The van der Waals surface area contributed by atoms with Gasteiger partial charge in [-0.3, -0.25) is 9.59 Å². The smallest absolute Gasteiger partial charge is 0.259 e. The molecule has 1 fully saturated rings. The highest BCUT2D eigenvalue weighted by Gasteiger charge is 2.29. The Labute approximate surface area is 146 Å². The number of pyridine rings is 1. The van der Waals surface area contributed by atoms with Crippen molar-refractivity contribution in [3.05, 3.63) is 53.7 Å². The molecule has 2 aromatic rings. The molecule has 25 heavy (non-hydrogen) atoms. The molecule has 4 rings (SSSR count). The quantitative estimate of drug-likeness (QED) is 0.930. The van der Waals surface area contributed by atoms with Gasteiger partial charge in [0.1, 0.15) is 11.9 Å². The van der Waals surface area contributed by atoms with E-state index in [1.807, 2.05) is 18.2 Å². The number of nitrogens with zero attached hydrogens (tertiary/aromatic N) is 3. The van der Waals surface area contributed by atoms with Crippen LogP contribution in [-0.2, 0) is 11.2 Å². The van der Waals surface area contributed by atoms with Crippen molar-refractivity contribution in [2.75, 3.05) is 30.4 Å². The first-order valence-electron chi connectivity index (χ1n) is 8.51. The maximum atomic E-state index is 12.8. The Kier molecular flexibility index (Phi) is 3.87. The van der Waals surface area contributed by atoms with E-state index < -0.39 is 0 Å². The van der Waals surface area contributed by atoms with Crippen LogP contribution in [0.5, 0.6) is 0 Å². The highest BCUT2D eigenvalue weighted by atomic mass is 16.2. The number of likely N-dealkylation sites (tertiary alicyclic amines) is 1. The second-order valence-corrected chi connectivity index (χ2v) is 6.51. The molecule has 0 bridgehead atoms. The van der Waals surface area contributed by atoms with Gasteiger partial charge >= 0.3 is 0 Å². The second-order valence-electron chi connectivity index (χ2n) is 6.51. The van der Waals surface area contributed by atoms with Gasteiger partial charge in [0, 0.05) is 32.0 Å². The molecule has 1 saturated heterocycles. The lowest BCUT2D eigenvalue weighted by Crippen LogP contribution is -2.31. The number of carbonyl (C=O) groups is 2. The van der Waals surface area contributed by atoms with Gasteiger partial charge in [-0.15, -0.1) is 0 Å². The van der Waals surface area contributed by atoms with E-state index in [-0.39, 0.29) is 17.9 Å². The largest absolute Gasteiger partial charge is 0.358 e. The summed E-state index contributed by atoms with van der Waals surface area (Å²) in [6.45, 7) is 1.45. The van der Waals surface area contributed by atoms with E-state index in [0.717, 1.165) is 25.1 Å². The molecule has 6 heteroatoms. The minimum absolute atomic E-state index is 0.0410. The fraction of sp³-hybridized carbons (Fsp3) is 0.316. The minimum Gasteiger partial charge on any atom is -0.358 e. The molecule has 0 saturated carbocycles. The molecule has 1 aromatic carbocycles. The Morgan fingerprint density at radius 3 is 2.76 bits per heavy atom. The second kappa shape index (κ2) is 6.20. The van der Waals surface area contributed by atoms with E-state index in [9.17, 15) is 9.59 Å². The molecule has 128 valence electrons. The summed E-state index contributed by atoms with van der Waals surface area (Å²) in [5, 5.41) is 3.15. The van der Waals surface area contributed by atoms with Crippen LogP contribution in [0.4, 0.5) is 11.5 Å². The number of likely N-dealkylation sites (N-methyl/N-ethyl adjacent to an activating group) is 1. The third kappa shape index (κ3) is 2.84. The lowest BCUT2D eigenvalue weighted by atomic mass is 10.2. The van der Waals surface area contributed by atoms with Gasteiger partial charge in [-0.05, 0) is 36.6 Å². The summed E-state index contributed by atoms with van der Waals surface area (Å²) in [6.07, 6.45) is 3.23. The fourth-order valence-electron chi connectivity index (χ4n) is 3.45. The van der Waals surface area contributed by atoms with E-state index in [1.54, 1.807) is 35.2 Å². The van der Waals surface area contributed by atoms with E-state index in [0.29, 0.717) is 17.9 Å². The number of para-hydroxylation sites is 1. The van der Waals surface area contributed by atoms with E-state index in [4.69, 9.17) is 0 Å². The van der Waals surface area contributed by atoms with Gasteiger partial charge < -0.3 is 15.1 Å². The SMILES string of the molecule is CN1CCC(Nc2ccc(C(=O)N3CCc4ccccc43)cn2)C1=O. The van der Waals surface area contributed by atoms with Crippen molar-refractivity contribution in [3.63, 3.8) is 0 Å². The number of hydrogen-bond donors (Lipinski definition) is 1. The summed E-state index contributed by atoms with van der Waals surface area (Å²) in [7, 11) is 1.80. The van der Waals surface area contributed by atoms with Crippen LogP contribution in [-0.4, -0.2) is 47.9 Å². The molecule has 0 aliphatic carbocycles. The average Bonchev–Trinajstić information content (AvgIpc) is 3.20. The monoisotopic (exact) mass is 336 g/mol. The fourth-order valence-corrected chi connectivity index (χ4v) is 3.45. The topological polar surface area (TPSA) is 65.5 Å². The zero-order chi connectivity index (χ0) is 17.4. The maximum absolute atomic E-state index is 12.8. The van der Waals surface area contributed by atoms with Crippen molar-refractivity contribution in [1.82, 2.24) is 9.88 Å². The Bertz CT molecular complexity index is 818. The Morgan fingerprint density at radius 1 is 1.20 bits per heavy atom. The molecule has 1 aromatic heterocycles. The van der Waals surface area contributed by atoms with Gasteiger partial charge in [-0.1, -0.05) is 18.2 Å². The summed E-state index contributed by atoms with van der Waals surface area (Å²) in [5.74, 6) is 0.656. The molecular weight excluding hydrogens is 316 g/mol. The van der Waals surface area contributed by atoms with Crippen molar-refractivity contribution < 1.29 is 9.59 Å². The molecular formula is C19H20N4O2. The van der Waals surface area contributed by atoms with Crippen LogP contribution in [0.1, 0.15) is 22.3 Å². The number of fused-ring (bicyclic) bond motifs is 1. The zero-order valence-electron chi connectivity index (χ0n) is 14.1. The van der Waals surface area contributed by atoms with Crippen molar-refractivity contribution in [3.8, 4) is 0 Å². The number of carbonyl (C=O) groups excluding carboxylic acids is 2. The normalized spacial score (nSPS) is 19.2. The van der Waals surface area contributed by atoms with Crippen molar-refractivity contribution in [1.29, 1.82) is 0 Å². The zero-order valence-corrected chi connectivity index (χ0v) is 14.1.